The first kappa shape index (κ1) is 17.7. The topological polar surface area (TPSA) is 40.5 Å². The first-order chi connectivity index (χ1) is 9.12. The van der Waals surface area contributed by atoms with Gasteiger partial charge in [-0.2, -0.15) is 0 Å². The highest BCUT2D eigenvalue weighted by molar-refractivity contribution is 5.20. The molecule has 2 heteroatoms. The number of allylic oxidation sites excluding steroid dienone is 3. The standard InChI is InChI=1S/C17H26O2/c1-3-5-6-7-8-9-10-11-12-13-14-15-16-17(18,19)4-2/h4,10-11,15-16,18-19H,2-3,5-9,12H2,1H3. The molecule has 2 nitrogen and oxygen atoms in total. The Morgan fingerprint density at radius 2 is 1.84 bits per heavy atom. The molecule has 0 aliphatic carbocycles. The van der Waals surface area contributed by atoms with Crippen molar-refractivity contribution < 1.29 is 10.2 Å². The Balaban J connectivity index is 3.61. The first-order valence-corrected chi connectivity index (χ1v) is 7.02. The average molecular weight is 262 g/mol. The van der Waals surface area contributed by atoms with Crippen LogP contribution in [0.3, 0.4) is 0 Å². The summed E-state index contributed by atoms with van der Waals surface area (Å²) >= 11 is 0. The Morgan fingerprint density at radius 1 is 1.11 bits per heavy atom. The second kappa shape index (κ2) is 11.8. The molecule has 0 aromatic carbocycles. The van der Waals surface area contributed by atoms with Crippen LogP contribution in [-0.4, -0.2) is 16.0 Å². The Bertz CT molecular complexity index is 340. The van der Waals surface area contributed by atoms with Crippen LogP contribution in [0.5, 0.6) is 0 Å². The molecule has 0 heterocycles. The van der Waals surface area contributed by atoms with E-state index in [1.165, 1.54) is 44.3 Å². The molecule has 0 spiro atoms. The van der Waals surface area contributed by atoms with E-state index in [1.807, 2.05) is 0 Å². The van der Waals surface area contributed by atoms with Crippen LogP contribution in [-0.2, 0) is 0 Å². The van der Waals surface area contributed by atoms with Gasteiger partial charge in [-0.25, -0.2) is 0 Å². The first-order valence-electron chi connectivity index (χ1n) is 7.02. The lowest BCUT2D eigenvalue weighted by atomic mass is 10.1. The normalized spacial score (nSPS) is 11.7. The minimum Gasteiger partial charge on any atom is -0.359 e. The summed E-state index contributed by atoms with van der Waals surface area (Å²) in [5, 5.41) is 18.3. The van der Waals surface area contributed by atoms with Gasteiger partial charge in [0.05, 0.1) is 0 Å². The number of hydrogen-bond donors (Lipinski definition) is 2. The molecule has 0 unspecified atom stereocenters. The molecule has 0 aromatic rings. The minimum absolute atomic E-state index is 0.692. The van der Waals surface area contributed by atoms with Crippen molar-refractivity contribution in [2.24, 2.45) is 0 Å². The summed E-state index contributed by atoms with van der Waals surface area (Å²) in [6.45, 7) is 5.52. The van der Waals surface area contributed by atoms with Crippen molar-refractivity contribution in [3.8, 4) is 11.8 Å². The lowest BCUT2D eigenvalue weighted by molar-refractivity contribution is -0.0737. The van der Waals surface area contributed by atoms with Gasteiger partial charge in [0.2, 0.25) is 5.79 Å². The Morgan fingerprint density at radius 3 is 2.53 bits per heavy atom. The summed E-state index contributed by atoms with van der Waals surface area (Å²) in [5.41, 5.74) is 0. The second-order valence-electron chi connectivity index (χ2n) is 4.52. The molecule has 0 saturated heterocycles. The smallest absolute Gasteiger partial charge is 0.203 e. The fourth-order valence-electron chi connectivity index (χ4n) is 1.48. The molecule has 0 fully saturated rings. The minimum atomic E-state index is -1.96. The van der Waals surface area contributed by atoms with Gasteiger partial charge in [0, 0.05) is 6.42 Å². The van der Waals surface area contributed by atoms with E-state index in [-0.39, 0.29) is 0 Å². The number of rotatable bonds is 9. The van der Waals surface area contributed by atoms with Crippen molar-refractivity contribution in [1.82, 2.24) is 0 Å². The zero-order valence-corrected chi connectivity index (χ0v) is 11.9. The van der Waals surface area contributed by atoms with Crippen LogP contribution in [0.15, 0.2) is 37.0 Å². The fraction of sp³-hybridized carbons (Fsp3) is 0.529. The molecular weight excluding hydrogens is 236 g/mol. The summed E-state index contributed by atoms with van der Waals surface area (Å²) in [5.74, 6) is 3.70. The molecule has 0 aromatic heterocycles. The highest BCUT2D eigenvalue weighted by Crippen LogP contribution is 2.05. The lowest BCUT2D eigenvalue weighted by Crippen LogP contribution is -2.20. The van der Waals surface area contributed by atoms with Crippen LogP contribution in [0.2, 0.25) is 0 Å². The molecule has 0 radical (unpaired) electrons. The molecule has 0 rings (SSSR count). The quantitative estimate of drug-likeness (QED) is 0.288. The summed E-state index contributed by atoms with van der Waals surface area (Å²) < 4.78 is 0. The monoisotopic (exact) mass is 262 g/mol. The number of aliphatic hydroxyl groups is 2. The zero-order chi connectivity index (χ0) is 14.4. The maximum atomic E-state index is 9.15. The molecule has 19 heavy (non-hydrogen) atoms. The van der Waals surface area contributed by atoms with Crippen LogP contribution in [0.25, 0.3) is 0 Å². The van der Waals surface area contributed by atoms with Gasteiger partial charge in [-0.15, -0.1) is 0 Å². The van der Waals surface area contributed by atoms with E-state index in [0.29, 0.717) is 6.42 Å². The van der Waals surface area contributed by atoms with Crippen molar-refractivity contribution >= 4 is 0 Å². The van der Waals surface area contributed by atoms with E-state index in [2.05, 4.69) is 37.5 Å². The molecule has 0 bridgehead atoms. The van der Waals surface area contributed by atoms with E-state index in [1.54, 1.807) is 0 Å². The number of hydrogen-bond acceptors (Lipinski definition) is 2. The van der Waals surface area contributed by atoms with E-state index >= 15 is 0 Å². The fourth-order valence-corrected chi connectivity index (χ4v) is 1.48. The molecule has 0 saturated carbocycles. The van der Waals surface area contributed by atoms with Crippen LogP contribution >= 0.6 is 0 Å². The van der Waals surface area contributed by atoms with Gasteiger partial charge in [-0.05, 0) is 31.1 Å². The van der Waals surface area contributed by atoms with Crippen molar-refractivity contribution in [2.75, 3.05) is 0 Å². The Hall–Kier alpha value is -1.30. The molecule has 0 aliphatic heterocycles. The van der Waals surface area contributed by atoms with Gasteiger partial charge in [0.15, 0.2) is 0 Å². The predicted molar refractivity (Wildman–Crippen MR) is 81.4 cm³/mol. The van der Waals surface area contributed by atoms with Gasteiger partial charge in [-0.1, -0.05) is 63.2 Å². The van der Waals surface area contributed by atoms with Crippen molar-refractivity contribution in [3.05, 3.63) is 37.0 Å². The van der Waals surface area contributed by atoms with Crippen molar-refractivity contribution in [1.29, 1.82) is 0 Å². The molecular formula is C17H26O2. The maximum absolute atomic E-state index is 9.15. The van der Waals surface area contributed by atoms with Crippen LogP contribution in [0.4, 0.5) is 0 Å². The summed E-state index contributed by atoms with van der Waals surface area (Å²) in [4.78, 5) is 0. The summed E-state index contributed by atoms with van der Waals surface area (Å²) in [6, 6.07) is 0. The highest BCUT2D eigenvalue weighted by Gasteiger charge is 2.10. The average Bonchev–Trinajstić information content (AvgIpc) is 2.40. The predicted octanol–water partition coefficient (Wildman–Crippen LogP) is 3.72. The van der Waals surface area contributed by atoms with E-state index < -0.39 is 5.79 Å². The lowest BCUT2D eigenvalue weighted by Gasteiger charge is -2.08. The maximum Gasteiger partial charge on any atom is 0.203 e. The summed E-state index contributed by atoms with van der Waals surface area (Å²) in [7, 11) is 0. The molecule has 2 N–H and O–H groups in total. The van der Waals surface area contributed by atoms with E-state index in [0.717, 1.165) is 12.5 Å². The molecule has 0 amide bonds. The summed E-state index contributed by atoms with van der Waals surface area (Å²) in [6.07, 6.45) is 16.2. The van der Waals surface area contributed by atoms with Crippen molar-refractivity contribution in [3.63, 3.8) is 0 Å². The molecule has 106 valence electrons. The third-order valence-electron chi connectivity index (χ3n) is 2.68. The molecule has 0 aliphatic rings. The third-order valence-corrected chi connectivity index (χ3v) is 2.68. The second-order valence-corrected chi connectivity index (χ2v) is 4.52. The van der Waals surface area contributed by atoms with Gasteiger partial charge in [-0.3, -0.25) is 0 Å². The van der Waals surface area contributed by atoms with Gasteiger partial charge >= 0.3 is 0 Å². The van der Waals surface area contributed by atoms with Gasteiger partial charge < -0.3 is 10.2 Å². The Labute approximate surface area is 117 Å². The number of unbranched alkanes of at least 4 members (excludes halogenated alkanes) is 5. The van der Waals surface area contributed by atoms with Gasteiger partial charge in [0.1, 0.15) is 0 Å². The van der Waals surface area contributed by atoms with Crippen LogP contribution in [0, 0.1) is 11.8 Å². The Kier molecular flexibility index (Phi) is 11.0. The highest BCUT2D eigenvalue weighted by atomic mass is 16.5. The van der Waals surface area contributed by atoms with E-state index in [4.69, 9.17) is 10.2 Å². The van der Waals surface area contributed by atoms with Crippen molar-refractivity contribution in [2.45, 2.75) is 57.7 Å². The largest absolute Gasteiger partial charge is 0.359 e. The van der Waals surface area contributed by atoms with E-state index in [9.17, 15) is 0 Å². The zero-order valence-electron chi connectivity index (χ0n) is 11.9. The van der Waals surface area contributed by atoms with Crippen LogP contribution in [0.1, 0.15) is 51.9 Å². The van der Waals surface area contributed by atoms with Gasteiger partial charge in [0.25, 0.3) is 0 Å². The van der Waals surface area contributed by atoms with Crippen LogP contribution < -0.4 is 0 Å². The SMILES string of the molecule is C=CC(O)(O)C=CC#CCC=CCCCCCCC. The molecule has 0 atom stereocenters. The third kappa shape index (κ3) is 12.9.